The molecule has 2 rings (SSSR count). The van der Waals surface area contributed by atoms with Crippen LogP contribution in [0.4, 0.5) is 0 Å². The molecule has 1 fully saturated rings. The molecule has 1 saturated carbocycles. The van der Waals surface area contributed by atoms with Crippen molar-refractivity contribution in [1.82, 2.24) is 20.4 Å². The van der Waals surface area contributed by atoms with E-state index in [2.05, 4.69) is 34.6 Å². The Morgan fingerprint density at radius 3 is 2.95 bits per heavy atom. The molecule has 2 N–H and O–H groups in total. The van der Waals surface area contributed by atoms with E-state index >= 15 is 0 Å². The summed E-state index contributed by atoms with van der Waals surface area (Å²) < 4.78 is 1.81. The monoisotopic (exact) mass is 305 g/mol. The van der Waals surface area contributed by atoms with Gasteiger partial charge >= 0.3 is 0 Å². The molecule has 1 aromatic rings. The van der Waals surface area contributed by atoms with Crippen LogP contribution in [0.25, 0.3) is 0 Å². The average Bonchev–Trinajstić information content (AvgIpc) is 2.90. The Bertz CT molecular complexity index is 465. The number of guanidine groups is 1. The van der Waals surface area contributed by atoms with Crippen molar-refractivity contribution in [2.45, 2.75) is 52.5 Å². The number of rotatable bonds is 6. The molecule has 2 atom stereocenters. The Labute approximate surface area is 134 Å². The molecular weight excluding hydrogens is 274 g/mol. The van der Waals surface area contributed by atoms with Crippen LogP contribution in [0.3, 0.4) is 0 Å². The standard InChI is InChI=1S/C17H31N5/c1-4-18-17(20-11-16-12-21-22(3)13-16)19-9-8-15-7-5-6-14(2)10-15/h12-15H,4-11H2,1-3H3,(H2,18,19,20). The van der Waals surface area contributed by atoms with E-state index in [1.165, 1.54) is 32.1 Å². The van der Waals surface area contributed by atoms with Crippen LogP contribution in [-0.4, -0.2) is 28.8 Å². The fraction of sp³-hybridized carbons (Fsp3) is 0.765. The minimum Gasteiger partial charge on any atom is -0.357 e. The Kier molecular flexibility index (Phi) is 6.74. The van der Waals surface area contributed by atoms with E-state index < -0.39 is 0 Å². The van der Waals surface area contributed by atoms with Crippen LogP contribution in [-0.2, 0) is 13.6 Å². The molecule has 0 amide bonds. The maximum absolute atomic E-state index is 4.64. The largest absolute Gasteiger partial charge is 0.357 e. The van der Waals surface area contributed by atoms with E-state index in [-0.39, 0.29) is 0 Å². The van der Waals surface area contributed by atoms with Gasteiger partial charge in [0, 0.05) is 31.9 Å². The molecule has 1 aliphatic rings. The topological polar surface area (TPSA) is 54.2 Å². The summed E-state index contributed by atoms with van der Waals surface area (Å²) in [6.07, 6.45) is 10.7. The van der Waals surface area contributed by atoms with Crippen molar-refractivity contribution in [3.05, 3.63) is 18.0 Å². The first-order valence-corrected chi connectivity index (χ1v) is 8.67. The van der Waals surface area contributed by atoms with E-state index in [1.54, 1.807) is 0 Å². The molecule has 0 radical (unpaired) electrons. The molecular formula is C17H31N5. The highest BCUT2D eigenvalue weighted by Crippen LogP contribution is 2.30. The number of hydrogen-bond acceptors (Lipinski definition) is 2. The summed E-state index contributed by atoms with van der Waals surface area (Å²) >= 11 is 0. The minimum absolute atomic E-state index is 0.670. The van der Waals surface area contributed by atoms with Gasteiger partial charge in [0.15, 0.2) is 5.96 Å². The zero-order valence-corrected chi connectivity index (χ0v) is 14.3. The van der Waals surface area contributed by atoms with E-state index in [1.807, 2.05) is 24.1 Å². The second kappa shape index (κ2) is 8.81. The van der Waals surface area contributed by atoms with Crippen molar-refractivity contribution < 1.29 is 0 Å². The van der Waals surface area contributed by atoms with Crippen LogP contribution in [0, 0.1) is 11.8 Å². The number of hydrogen-bond donors (Lipinski definition) is 2. The van der Waals surface area contributed by atoms with Gasteiger partial charge < -0.3 is 10.6 Å². The maximum atomic E-state index is 4.64. The van der Waals surface area contributed by atoms with Crippen molar-refractivity contribution in [2.24, 2.45) is 23.9 Å². The van der Waals surface area contributed by atoms with Gasteiger partial charge in [0.1, 0.15) is 0 Å². The zero-order valence-electron chi connectivity index (χ0n) is 14.3. The van der Waals surface area contributed by atoms with Crippen molar-refractivity contribution in [1.29, 1.82) is 0 Å². The van der Waals surface area contributed by atoms with E-state index in [0.29, 0.717) is 6.54 Å². The normalized spacial score (nSPS) is 22.6. The van der Waals surface area contributed by atoms with Crippen LogP contribution >= 0.6 is 0 Å². The SMILES string of the molecule is CCNC(=NCc1cnn(C)c1)NCCC1CCCC(C)C1. The summed E-state index contributed by atoms with van der Waals surface area (Å²) in [4.78, 5) is 4.64. The zero-order chi connectivity index (χ0) is 15.8. The molecule has 0 bridgehead atoms. The van der Waals surface area contributed by atoms with Crippen molar-refractivity contribution in [2.75, 3.05) is 13.1 Å². The second-order valence-electron chi connectivity index (χ2n) is 6.57. The summed E-state index contributed by atoms with van der Waals surface area (Å²) in [6, 6.07) is 0. The molecule has 1 heterocycles. The van der Waals surface area contributed by atoms with E-state index in [9.17, 15) is 0 Å². The lowest BCUT2D eigenvalue weighted by molar-refractivity contribution is 0.270. The molecule has 1 aromatic heterocycles. The van der Waals surface area contributed by atoms with Gasteiger partial charge in [0.25, 0.3) is 0 Å². The number of aliphatic imine (C=N–C) groups is 1. The molecule has 0 spiro atoms. The summed E-state index contributed by atoms with van der Waals surface area (Å²) in [5, 5.41) is 11.0. The molecule has 5 nitrogen and oxygen atoms in total. The lowest BCUT2D eigenvalue weighted by atomic mass is 9.81. The van der Waals surface area contributed by atoms with E-state index in [4.69, 9.17) is 0 Å². The molecule has 0 saturated heterocycles. The molecule has 22 heavy (non-hydrogen) atoms. The first kappa shape index (κ1) is 16.8. The van der Waals surface area contributed by atoms with Crippen LogP contribution < -0.4 is 10.6 Å². The Hall–Kier alpha value is -1.52. The Balaban J connectivity index is 1.75. The predicted octanol–water partition coefficient (Wildman–Crippen LogP) is 2.69. The third-order valence-electron chi connectivity index (χ3n) is 4.41. The van der Waals surface area contributed by atoms with Gasteiger partial charge in [-0.1, -0.05) is 26.2 Å². The number of nitrogens with zero attached hydrogens (tertiary/aromatic N) is 3. The van der Waals surface area contributed by atoms with Crippen LogP contribution in [0.2, 0.25) is 0 Å². The third-order valence-corrected chi connectivity index (χ3v) is 4.41. The van der Waals surface area contributed by atoms with Gasteiger partial charge in [-0.25, -0.2) is 4.99 Å². The first-order chi connectivity index (χ1) is 10.7. The van der Waals surface area contributed by atoms with Gasteiger partial charge in [0.2, 0.25) is 0 Å². The van der Waals surface area contributed by atoms with Gasteiger partial charge in [-0.2, -0.15) is 5.10 Å². The van der Waals surface area contributed by atoms with Crippen molar-refractivity contribution in [3.63, 3.8) is 0 Å². The Morgan fingerprint density at radius 1 is 1.41 bits per heavy atom. The van der Waals surface area contributed by atoms with Gasteiger partial charge in [-0.15, -0.1) is 0 Å². The van der Waals surface area contributed by atoms with Crippen molar-refractivity contribution >= 4 is 5.96 Å². The smallest absolute Gasteiger partial charge is 0.191 e. The molecule has 124 valence electrons. The highest BCUT2D eigenvalue weighted by atomic mass is 15.2. The fourth-order valence-electron chi connectivity index (χ4n) is 3.28. The average molecular weight is 305 g/mol. The highest BCUT2D eigenvalue weighted by molar-refractivity contribution is 5.79. The quantitative estimate of drug-likeness (QED) is 0.627. The van der Waals surface area contributed by atoms with Gasteiger partial charge in [-0.3, -0.25) is 4.68 Å². The van der Waals surface area contributed by atoms with E-state index in [0.717, 1.165) is 36.4 Å². The molecule has 0 aromatic carbocycles. The maximum Gasteiger partial charge on any atom is 0.191 e. The summed E-state index contributed by atoms with van der Waals surface area (Å²) in [5.41, 5.74) is 1.14. The highest BCUT2D eigenvalue weighted by Gasteiger charge is 2.18. The molecule has 1 aliphatic carbocycles. The third kappa shape index (κ3) is 5.70. The van der Waals surface area contributed by atoms with Gasteiger partial charge in [0.05, 0.1) is 12.7 Å². The summed E-state index contributed by atoms with van der Waals surface area (Å²) in [7, 11) is 1.93. The Morgan fingerprint density at radius 2 is 2.27 bits per heavy atom. The second-order valence-corrected chi connectivity index (χ2v) is 6.57. The molecule has 2 unspecified atom stereocenters. The van der Waals surface area contributed by atoms with Crippen LogP contribution in [0.15, 0.2) is 17.4 Å². The molecule has 0 aliphatic heterocycles. The van der Waals surface area contributed by atoms with Crippen LogP contribution in [0.5, 0.6) is 0 Å². The lowest BCUT2D eigenvalue weighted by Crippen LogP contribution is -2.38. The first-order valence-electron chi connectivity index (χ1n) is 8.67. The fourth-order valence-corrected chi connectivity index (χ4v) is 3.28. The minimum atomic E-state index is 0.670. The van der Waals surface area contributed by atoms with Crippen molar-refractivity contribution in [3.8, 4) is 0 Å². The number of aryl methyl sites for hydroxylation is 1. The number of nitrogens with one attached hydrogen (secondary N) is 2. The summed E-state index contributed by atoms with van der Waals surface area (Å²) in [5.74, 6) is 2.71. The van der Waals surface area contributed by atoms with Gasteiger partial charge in [-0.05, 0) is 31.6 Å². The van der Waals surface area contributed by atoms with Crippen LogP contribution in [0.1, 0.15) is 51.5 Å². The summed E-state index contributed by atoms with van der Waals surface area (Å²) in [6.45, 7) is 7.06. The lowest BCUT2D eigenvalue weighted by Gasteiger charge is -2.26. The predicted molar refractivity (Wildman–Crippen MR) is 91.8 cm³/mol. The number of aromatic nitrogens is 2. The molecule has 5 heteroatoms.